The summed E-state index contributed by atoms with van der Waals surface area (Å²) in [4.78, 5) is 29.9. The molecule has 1 N–H and O–H groups in total. The van der Waals surface area contributed by atoms with Gasteiger partial charge >= 0.3 is 5.97 Å². The number of carbonyl (C=O) groups is 2. The highest BCUT2D eigenvalue weighted by Gasteiger charge is 2.24. The normalized spacial score (nSPS) is 12.4. The molecule has 0 aliphatic rings. The molecule has 0 saturated carbocycles. The number of rotatable bonds is 6. The molecular formula is C22H25FN4O3. The third-order valence-corrected chi connectivity index (χ3v) is 4.63. The van der Waals surface area contributed by atoms with E-state index in [0.29, 0.717) is 16.6 Å². The second-order valence-electron chi connectivity index (χ2n) is 7.72. The van der Waals surface area contributed by atoms with Crippen LogP contribution in [-0.4, -0.2) is 32.7 Å². The zero-order valence-electron chi connectivity index (χ0n) is 17.6. The molecule has 0 unspecified atom stereocenters. The van der Waals surface area contributed by atoms with Crippen LogP contribution < -0.4 is 5.32 Å². The zero-order chi connectivity index (χ0) is 22.0. The number of anilines is 1. The second kappa shape index (κ2) is 8.61. The zero-order valence-corrected chi connectivity index (χ0v) is 17.6. The van der Waals surface area contributed by atoms with Gasteiger partial charge in [-0.1, -0.05) is 19.9 Å². The van der Waals surface area contributed by atoms with Crippen molar-refractivity contribution in [2.75, 3.05) is 5.32 Å². The number of pyridine rings is 1. The molecule has 8 heteroatoms. The van der Waals surface area contributed by atoms with Gasteiger partial charge in [-0.25, -0.2) is 18.9 Å². The summed E-state index contributed by atoms with van der Waals surface area (Å²) in [5.41, 5.74) is 1.92. The van der Waals surface area contributed by atoms with Crippen molar-refractivity contribution in [2.45, 2.75) is 52.7 Å². The van der Waals surface area contributed by atoms with E-state index in [0.717, 1.165) is 5.69 Å². The summed E-state index contributed by atoms with van der Waals surface area (Å²) in [5, 5.41) is 7.45. The summed E-state index contributed by atoms with van der Waals surface area (Å²) >= 11 is 0. The van der Waals surface area contributed by atoms with Gasteiger partial charge in [0.15, 0.2) is 11.8 Å². The van der Waals surface area contributed by atoms with Crippen molar-refractivity contribution in [1.82, 2.24) is 14.8 Å². The highest BCUT2D eigenvalue weighted by atomic mass is 19.1. The third-order valence-electron chi connectivity index (χ3n) is 4.63. The van der Waals surface area contributed by atoms with E-state index in [1.807, 2.05) is 27.7 Å². The Hall–Kier alpha value is -3.29. The lowest BCUT2D eigenvalue weighted by atomic mass is 10.1. The molecule has 30 heavy (non-hydrogen) atoms. The van der Waals surface area contributed by atoms with Crippen molar-refractivity contribution in [1.29, 1.82) is 0 Å². The fraction of sp³-hybridized carbons (Fsp3) is 0.364. The first kappa shape index (κ1) is 21.4. The van der Waals surface area contributed by atoms with Crippen LogP contribution in [0.1, 0.15) is 62.6 Å². The fourth-order valence-electron chi connectivity index (χ4n) is 2.97. The predicted molar refractivity (Wildman–Crippen MR) is 112 cm³/mol. The highest BCUT2D eigenvalue weighted by Crippen LogP contribution is 2.25. The topological polar surface area (TPSA) is 86.1 Å². The van der Waals surface area contributed by atoms with Crippen LogP contribution >= 0.6 is 0 Å². The van der Waals surface area contributed by atoms with E-state index in [1.165, 1.54) is 25.1 Å². The first-order valence-electron chi connectivity index (χ1n) is 9.83. The quantitative estimate of drug-likeness (QED) is 0.604. The molecule has 3 aromatic rings. The minimum Gasteiger partial charge on any atom is -0.449 e. The van der Waals surface area contributed by atoms with Crippen LogP contribution in [0.25, 0.3) is 11.0 Å². The fourth-order valence-corrected chi connectivity index (χ4v) is 2.97. The molecule has 0 aliphatic carbocycles. The Morgan fingerprint density at radius 1 is 1.13 bits per heavy atom. The molecule has 1 amide bonds. The highest BCUT2D eigenvalue weighted by molar-refractivity contribution is 6.04. The van der Waals surface area contributed by atoms with Gasteiger partial charge in [-0.15, -0.1) is 0 Å². The molecule has 2 aromatic heterocycles. The molecule has 1 atom stereocenters. The van der Waals surface area contributed by atoms with E-state index in [4.69, 9.17) is 4.74 Å². The Morgan fingerprint density at radius 3 is 2.50 bits per heavy atom. The Bertz CT molecular complexity index is 1090. The summed E-state index contributed by atoms with van der Waals surface area (Å²) in [6, 6.07) is 7.24. The summed E-state index contributed by atoms with van der Waals surface area (Å²) in [6.07, 6.45) is 0.507. The number of fused-ring (bicyclic) bond motifs is 1. The number of nitrogens with zero attached hydrogens (tertiary/aromatic N) is 3. The Labute approximate surface area is 174 Å². The van der Waals surface area contributed by atoms with E-state index in [-0.39, 0.29) is 17.6 Å². The van der Waals surface area contributed by atoms with Crippen molar-refractivity contribution in [3.8, 4) is 0 Å². The van der Waals surface area contributed by atoms with E-state index in [2.05, 4.69) is 15.4 Å². The van der Waals surface area contributed by atoms with Gasteiger partial charge in [-0.2, -0.15) is 5.10 Å². The molecule has 7 nitrogen and oxygen atoms in total. The molecule has 0 aliphatic heterocycles. The second-order valence-corrected chi connectivity index (χ2v) is 7.72. The molecule has 0 saturated heterocycles. The smallest absolute Gasteiger partial charge is 0.339 e. The van der Waals surface area contributed by atoms with Crippen LogP contribution in [0.3, 0.4) is 0 Å². The molecule has 0 spiro atoms. The van der Waals surface area contributed by atoms with Gasteiger partial charge in [0, 0.05) is 17.4 Å². The van der Waals surface area contributed by atoms with Gasteiger partial charge in [-0.05, 0) is 51.0 Å². The number of hydrogen-bond acceptors (Lipinski definition) is 5. The number of hydrogen-bond donors (Lipinski definition) is 1. The number of amides is 1. The predicted octanol–water partition coefficient (Wildman–Crippen LogP) is 4.46. The van der Waals surface area contributed by atoms with Crippen molar-refractivity contribution in [3.63, 3.8) is 0 Å². The van der Waals surface area contributed by atoms with Gasteiger partial charge in [0.25, 0.3) is 5.91 Å². The number of esters is 1. The molecule has 0 bridgehead atoms. The van der Waals surface area contributed by atoms with Crippen LogP contribution in [0.5, 0.6) is 0 Å². The third kappa shape index (κ3) is 4.48. The van der Waals surface area contributed by atoms with Crippen LogP contribution in [0.15, 0.2) is 36.5 Å². The molecule has 2 heterocycles. The maximum absolute atomic E-state index is 13.3. The minimum absolute atomic E-state index is 0.0669. The lowest BCUT2D eigenvalue weighted by molar-refractivity contribution is -0.123. The summed E-state index contributed by atoms with van der Waals surface area (Å²) in [6.45, 7) is 9.38. The first-order valence-corrected chi connectivity index (χ1v) is 9.83. The summed E-state index contributed by atoms with van der Waals surface area (Å²) in [7, 11) is 0. The maximum Gasteiger partial charge on any atom is 0.339 e. The van der Waals surface area contributed by atoms with Gasteiger partial charge < -0.3 is 10.1 Å². The molecule has 1 aromatic carbocycles. The SMILES string of the molecule is CC(C)c1cc(C(=O)O[C@@H](C)C(=O)Nc2cccc(F)c2)c2cnn(C(C)C)c2n1. The van der Waals surface area contributed by atoms with Crippen molar-refractivity contribution < 1.29 is 18.7 Å². The van der Waals surface area contributed by atoms with Crippen molar-refractivity contribution in [2.24, 2.45) is 0 Å². The van der Waals surface area contributed by atoms with Crippen LogP contribution in [0, 0.1) is 5.82 Å². The largest absolute Gasteiger partial charge is 0.449 e. The standard InChI is InChI=1S/C22H25FN4O3/c1-12(2)19-10-17(18-11-24-27(13(3)4)20(18)26-19)22(29)30-14(5)21(28)25-16-8-6-7-15(23)9-16/h6-14H,1-5H3,(H,25,28)/t14-/m0/s1. The van der Waals surface area contributed by atoms with Gasteiger partial charge in [-0.3, -0.25) is 4.79 Å². The molecule has 3 rings (SSSR count). The van der Waals surface area contributed by atoms with Gasteiger partial charge in [0.1, 0.15) is 5.82 Å². The average Bonchev–Trinajstić information content (AvgIpc) is 3.11. The van der Waals surface area contributed by atoms with Crippen LogP contribution in [-0.2, 0) is 9.53 Å². The average molecular weight is 412 g/mol. The Morgan fingerprint density at radius 2 is 1.87 bits per heavy atom. The Balaban J connectivity index is 1.86. The number of aromatic nitrogens is 3. The molecular weight excluding hydrogens is 387 g/mol. The summed E-state index contributed by atoms with van der Waals surface area (Å²) in [5.74, 6) is -1.58. The monoisotopic (exact) mass is 412 g/mol. The minimum atomic E-state index is -1.08. The van der Waals surface area contributed by atoms with E-state index in [9.17, 15) is 14.0 Å². The molecule has 0 fully saturated rings. The molecule has 158 valence electrons. The lowest BCUT2D eigenvalue weighted by Gasteiger charge is -2.15. The van der Waals surface area contributed by atoms with E-state index >= 15 is 0 Å². The Kier molecular flexibility index (Phi) is 6.14. The number of nitrogens with one attached hydrogen (secondary N) is 1. The number of halogens is 1. The van der Waals surface area contributed by atoms with Crippen LogP contribution in [0.4, 0.5) is 10.1 Å². The van der Waals surface area contributed by atoms with Crippen molar-refractivity contribution in [3.05, 3.63) is 53.6 Å². The number of ether oxygens (including phenoxy) is 1. The van der Waals surface area contributed by atoms with E-state index < -0.39 is 23.8 Å². The number of benzene rings is 1. The van der Waals surface area contributed by atoms with Gasteiger partial charge in [0.2, 0.25) is 0 Å². The van der Waals surface area contributed by atoms with Crippen LogP contribution in [0.2, 0.25) is 0 Å². The maximum atomic E-state index is 13.3. The molecule has 0 radical (unpaired) electrons. The van der Waals surface area contributed by atoms with Crippen molar-refractivity contribution >= 4 is 28.6 Å². The number of carbonyl (C=O) groups excluding carboxylic acids is 2. The first-order chi connectivity index (χ1) is 14.2. The van der Waals surface area contributed by atoms with Gasteiger partial charge in [0.05, 0.1) is 17.1 Å². The summed E-state index contributed by atoms with van der Waals surface area (Å²) < 4.78 is 20.5. The lowest BCUT2D eigenvalue weighted by Crippen LogP contribution is -2.30. The van der Waals surface area contributed by atoms with E-state index in [1.54, 1.807) is 23.0 Å².